The molecule has 1 atom stereocenters. The average molecular weight is 401 g/mol. The third kappa shape index (κ3) is 5.03. The molecule has 1 aliphatic heterocycles. The van der Waals surface area contributed by atoms with Gasteiger partial charge in [0, 0.05) is 6.54 Å². The van der Waals surface area contributed by atoms with E-state index in [0.29, 0.717) is 25.9 Å². The van der Waals surface area contributed by atoms with E-state index in [1.165, 1.54) is 17.0 Å². The number of carbonyl (C=O) groups is 2. The Balaban J connectivity index is 1.48. The van der Waals surface area contributed by atoms with E-state index in [4.69, 9.17) is 5.14 Å². The summed E-state index contributed by atoms with van der Waals surface area (Å²) in [4.78, 5) is 26.1. The Morgan fingerprint density at radius 1 is 0.964 bits per heavy atom. The quantitative estimate of drug-likeness (QED) is 0.637. The van der Waals surface area contributed by atoms with Gasteiger partial charge in [-0.2, -0.15) is 0 Å². The van der Waals surface area contributed by atoms with Crippen molar-refractivity contribution in [2.75, 3.05) is 13.1 Å². The van der Waals surface area contributed by atoms with Crippen LogP contribution in [-0.4, -0.2) is 44.3 Å². The second-order valence-corrected chi connectivity index (χ2v) is 8.33. The number of hydrogen-bond acceptors (Lipinski definition) is 5. The summed E-state index contributed by atoms with van der Waals surface area (Å²) in [5.41, 5.74) is 2.00. The van der Waals surface area contributed by atoms with Gasteiger partial charge in [0.25, 0.3) is 0 Å². The summed E-state index contributed by atoms with van der Waals surface area (Å²) in [5, 5.41) is 8.21. The first-order valence-corrected chi connectivity index (χ1v) is 10.6. The van der Waals surface area contributed by atoms with Crippen molar-refractivity contribution in [3.05, 3.63) is 65.7 Å². The number of imide groups is 1. The second-order valence-electron chi connectivity index (χ2n) is 6.77. The molecule has 0 radical (unpaired) electrons. The SMILES string of the molecule is NS(=O)(=O)c1ccc(CCN[C@@H]2CC(=O)N(CCc3ccccc3)C2=O)cc1. The van der Waals surface area contributed by atoms with Gasteiger partial charge in [0.15, 0.2) is 0 Å². The fourth-order valence-electron chi connectivity index (χ4n) is 3.20. The lowest BCUT2D eigenvalue weighted by Crippen LogP contribution is -2.40. The smallest absolute Gasteiger partial charge is 0.246 e. The molecule has 3 N–H and O–H groups in total. The minimum atomic E-state index is -3.70. The van der Waals surface area contributed by atoms with E-state index in [2.05, 4.69) is 5.32 Å². The lowest BCUT2D eigenvalue weighted by Gasteiger charge is -2.15. The molecule has 3 rings (SSSR count). The zero-order valence-corrected chi connectivity index (χ0v) is 16.2. The molecule has 148 valence electrons. The van der Waals surface area contributed by atoms with Gasteiger partial charge >= 0.3 is 0 Å². The van der Waals surface area contributed by atoms with Crippen molar-refractivity contribution < 1.29 is 18.0 Å². The summed E-state index contributed by atoms with van der Waals surface area (Å²) in [6.45, 7) is 0.889. The van der Waals surface area contributed by atoms with Gasteiger partial charge in [-0.1, -0.05) is 42.5 Å². The highest BCUT2D eigenvalue weighted by Gasteiger charge is 2.37. The van der Waals surface area contributed by atoms with Gasteiger partial charge in [0.1, 0.15) is 0 Å². The Kier molecular flexibility index (Phi) is 6.23. The average Bonchev–Trinajstić information content (AvgIpc) is 2.94. The van der Waals surface area contributed by atoms with Crippen LogP contribution in [0.2, 0.25) is 0 Å². The Labute approximate surface area is 164 Å². The van der Waals surface area contributed by atoms with Crippen LogP contribution >= 0.6 is 0 Å². The molecule has 2 aromatic carbocycles. The zero-order chi connectivity index (χ0) is 20.1. The Morgan fingerprint density at radius 2 is 1.61 bits per heavy atom. The molecule has 0 aliphatic carbocycles. The molecule has 1 heterocycles. The highest BCUT2D eigenvalue weighted by molar-refractivity contribution is 7.89. The fourth-order valence-corrected chi connectivity index (χ4v) is 3.72. The van der Waals surface area contributed by atoms with Crippen molar-refractivity contribution in [3.8, 4) is 0 Å². The summed E-state index contributed by atoms with van der Waals surface area (Å²) >= 11 is 0. The number of carbonyl (C=O) groups excluding carboxylic acids is 2. The lowest BCUT2D eigenvalue weighted by atomic mass is 10.1. The van der Waals surface area contributed by atoms with E-state index in [1.807, 2.05) is 30.3 Å². The second kappa shape index (κ2) is 8.64. The van der Waals surface area contributed by atoms with Crippen LogP contribution in [0.4, 0.5) is 0 Å². The number of primary sulfonamides is 1. The molecule has 0 bridgehead atoms. The minimum Gasteiger partial charge on any atom is -0.305 e. The van der Waals surface area contributed by atoms with Gasteiger partial charge in [-0.3, -0.25) is 14.5 Å². The van der Waals surface area contributed by atoms with Crippen LogP contribution in [0, 0.1) is 0 Å². The number of benzene rings is 2. The predicted octanol–water partition coefficient (Wildman–Crippen LogP) is 0.836. The van der Waals surface area contributed by atoms with Crippen LogP contribution in [0.25, 0.3) is 0 Å². The molecule has 1 fully saturated rings. The number of nitrogens with zero attached hydrogens (tertiary/aromatic N) is 1. The van der Waals surface area contributed by atoms with Gasteiger partial charge in [0.05, 0.1) is 17.4 Å². The summed E-state index contributed by atoms with van der Waals surface area (Å²) < 4.78 is 22.5. The number of likely N-dealkylation sites (tertiary alicyclic amines) is 1. The summed E-state index contributed by atoms with van der Waals surface area (Å²) in [7, 11) is -3.70. The molecule has 0 saturated carbocycles. The van der Waals surface area contributed by atoms with E-state index >= 15 is 0 Å². The Bertz CT molecular complexity index is 943. The van der Waals surface area contributed by atoms with E-state index in [9.17, 15) is 18.0 Å². The number of nitrogens with one attached hydrogen (secondary N) is 1. The van der Waals surface area contributed by atoms with Crippen molar-refractivity contribution in [2.45, 2.75) is 30.2 Å². The van der Waals surface area contributed by atoms with E-state index in [0.717, 1.165) is 11.1 Å². The number of sulfonamides is 1. The summed E-state index contributed by atoms with van der Waals surface area (Å²) in [6.07, 6.45) is 1.41. The molecule has 1 aliphatic rings. The largest absolute Gasteiger partial charge is 0.305 e. The predicted molar refractivity (Wildman–Crippen MR) is 105 cm³/mol. The van der Waals surface area contributed by atoms with Gasteiger partial charge in [-0.25, -0.2) is 13.6 Å². The summed E-state index contributed by atoms with van der Waals surface area (Å²) in [6, 6.07) is 15.5. The topological polar surface area (TPSA) is 110 Å². The van der Waals surface area contributed by atoms with Crippen LogP contribution in [0.1, 0.15) is 17.5 Å². The third-order valence-corrected chi connectivity index (χ3v) is 5.70. The molecule has 2 aromatic rings. The molecule has 0 aromatic heterocycles. The van der Waals surface area contributed by atoms with Crippen LogP contribution in [0.15, 0.2) is 59.5 Å². The molecule has 0 spiro atoms. The Hall–Kier alpha value is -2.55. The number of rotatable bonds is 8. The molecule has 2 amide bonds. The lowest BCUT2D eigenvalue weighted by molar-refractivity contribution is -0.138. The van der Waals surface area contributed by atoms with Crippen molar-refractivity contribution in [1.82, 2.24) is 10.2 Å². The van der Waals surface area contributed by atoms with Crippen LogP contribution in [-0.2, 0) is 32.5 Å². The standard InChI is InChI=1S/C20H23N3O4S/c21-28(26,27)17-8-6-16(7-9-17)10-12-22-18-14-19(24)23(20(18)25)13-11-15-4-2-1-3-5-15/h1-9,18,22H,10-14H2,(H2,21,26,27)/t18-/m1/s1. The minimum absolute atomic E-state index is 0.0647. The van der Waals surface area contributed by atoms with E-state index in [-0.39, 0.29) is 23.1 Å². The molecule has 7 nitrogen and oxygen atoms in total. The van der Waals surface area contributed by atoms with Gasteiger partial charge in [-0.15, -0.1) is 0 Å². The maximum Gasteiger partial charge on any atom is 0.246 e. The first-order valence-electron chi connectivity index (χ1n) is 9.08. The Morgan fingerprint density at radius 3 is 2.25 bits per heavy atom. The molecular formula is C20H23N3O4S. The number of nitrogens with two attached hydrogens (primary N) is 1. The van der Waals surface area contributed by atoms with Gasteiger partial charge < -0.3 is 5.32 Å². The van der Waals surface area contributed by atoms with Crippen molar-refractivity contribution in [2.24, 2.45) is 5.14 Å². The monoisotopic (exact) mass is 401 g/mol. The third-order valence-electron chi connectivity index (χ3n) is 4.77. The van der Waals surface area contributed by atoms with Crippen LogP contribution < -0.4 is 10.5 Å². The normalized spacial score (nSPS) is 17.3. The van der Waals surface area contributed by atoms with E-state index in [1.54, 1.807) is 12.1 Å². The maximum absolute atomic E-state index is 12.5. The van der Waals surface area contributed by atoms with Gasteiger partial charge in [0.2, 0.25) is 21.8 Å². The van der Waals surface area contributed by atoms with E-state index < -0.39 is 16.1 Å². The highest BCUT2D eigenvalue weighted by atomic mass is 32.2. The molecule has 28 heavy (non-hydrogen) atoms. The van der Waals surface area contributed by atoms with Crippen molar-refractivity contribution in [3.63, 3.8) is 0 Å². The van der Waals surface area contributed by atoms with Crippen molar-refractivity contribution >= 4 is 21.8 Å². The van der Waals surface area contributed by atoms with Crippen LogP contribution in [0.5, 0.6) is 0 Å². The number of hydrogen-bond donors (Lipinski definition) is 2. The van der Waals surface area contributed by atoms with Crippen molar-refractivity contribution in [1.29, 1.82) is 0 Å². The van der Waals surface area contributed by atoms with Crippen LogP contribution in [0.3, 0.4) is 0 Å². The molecule has 0 unspecified atom stereocenters. The van der Waals surface area contributed by atoms with Gasteiger partial charge in [-0.05, 0) is 42.6 Å². The summed E-state index contributed by atoms with van der Waals surface area (Å²) in [5.74, 6) is -0.346. The molecular weight excluding hydrogens is 378 g/mol. The zero-order valence-electron chi connectivity index (χ0n) is 15.4. The molecule has 8 heteroatoms. The highest BCUT2D eigenvalue weighted by Crippen LogP contribution is 2.15. The molecule has 1 saturated heterocycles. The first-order chi connectivity index (χ1) is 13.3. The number of amides is 2. The fraction of sp³-hybridized carbons (Fsp3) is 0.300. The maximum atomic E-state index is 12.5. The first kappa shape index (κ1) is 20.2.